The van der Waals surface area contributed by atoms with Crippen LogP contribution in [0.25, 0.3) is 10.9 Å². The Morgan fingerprint density at radius 1 is 1.12 bits per heavy atom. The minimum atomic E-state index is 0.112. The molecular weight excluding hydrogens is 697 g/mol. The average Bonchev–Trinajstić information content (AvgIpc) is 4.16. The van der Waals surface area contributed by atoms with Crippen LogP contribution in [0.2, 0.25) is 0 Å². The van der Waals surface area contributed by atoms with Gasteiger partial charge in [-0.3, -0.25) is 4.99 Å². The minimum absolute atomic E-state index is 0.112. The van der Waals surface area contributed by atoms with E-state index < -0.39 is 0 Å². The molecule has 2 aliphatic rings. The second kappa shape index (κ2) is 31.4. The van der Waals surface area contributed by atoms with Crippen LogP contribution in [-0.2, 0) is 6.42 Å². The Bertz CT molecular complexity index is 1590. The Balaban J connectivity index is 0. The number of nitrogens with zero attached hydrogens (tertiary/aromatic N) is 3. The first kappa shape index (κ1) is 54.4. The van der Waals surface area contributed by atoms with Crippen LogP contribution in [0.15, 0.2) is 104 Å². The van der Waals surface area contributed by atoms with Crippen molar-refractivity contribution in [2.45, 2.75) is 132 Å². The van der Waals surface area contributed by atoms with Crippen molar-refractivity contribution >= 4 is 16.6 Å². The van der Waals surface area contributed by atoms with Gasteiger partial charge in [-0.05, 0) is 131 Å². The van der Waals surface area contributed by atoms with Crippen molar-refractivity contribution in [3.63, 3.8) is 0 Å². The number of hydrogen-bond donors (Lipinski definition) is 3. The highest BCUT2D eigenvalue weighted by molar-refractivity contribution is 6.08. The molecule has 1 unspecified atom stereocenters. The number of pyridine rings is 1. The van der Waals surface area contributed by atoms with Crippen LogP contribution in [0.3, 0.4) is 0 Å². The van der Waals surface area contributed by atoms with Gasteiger partial charge in [0, 0.05) is 44.8 Å². The number of aliphatic imine (C=N–C) groups is 1. The molecule has 0 bridgehead atoms. The fraction of sp³-hybridized carbons (Fsp3) is 0.510. The van der Waals surface area contributed by atoms with E-state index in [1.54, 1.807) is 6.20 Å². The van der Waals surface area contributed by atoms with E-state index in [0.29, 0.717) is 6.04 Å². The molecule has 0 aliphatic heterocycles. The van der Waals surface area contributed by atoms with Gasteiger partial charge in [0.1, 0.15) is 0 Å². The van der Waals surface area contributed by atoms with Crippen molar-refractivity contribution in [1.82, 2.24) is 25.8 Å². The summed E-state index contributed by atoms with van der Waals surface area (Å²) in [5.41, 5.74) is 11.4. The van der Waals surface area contributed by atoms with Gasteiger partial charge in [0.25, 0.3) is 0 Å². The van der Waals surface area contributed by atoms with Crippen molar-refractivity contribution in [2.75, 3.05) is 27.7 Å². The Morgan fingerprint density at radius 2 is 1.70 bits per heavy atom. The van der Waals surface area contributed by atoms with Crippen LogP contribution >= 0.6 is 0 Å². The molecule has 1 aromatic carbocycles. The van der Waals surface area contributed by atoms with Crippen molar-refractivity contribution in [3.8, 4) is 12.8 Å². The topological polar surface area (TPSA) is 64.6 Å². The number of unbranched alkanes of at least 4 members (excludes halogenated alkanes) is 1. The highest BCUT2D eigenvalue weighted by Gasteiger charge is 2.30. The highest BCUT2D eigenvalue weighted by atomic mass is 15.2. The summed E-state index contributed by atoms with van der Waals surface area (Å²) in [4.78, 5) is 11.7. The van der Waals surface area contributed by atoms with E-state index in [2.05, 4.69) is 158 Å². The maximum absolute atomic E-state index is 5.05. The molecule has 2 aliphatic carbocycles. The molecule has 0 amide bonds. The first-order valence-electron chi connectivity index (χ1n) is 20.8. The molecule has 2 aromatic rings. The summed E-state index contributed by atoms with van der Waals surface area (Å²) in [5, 5.41) is 11.2. The molecule has 1 atom stereocenters. The summed E-state index contributed by atoms with van der Waals surface area (Å²) in [5.74, 6) is 1.81. The molecule has 0 radical (unpaired) electrons. The fourth-order valence-electron chi connectivity index (χ4n) is 5.02. The molecule has 6 nitrogen and oxygen atoms in total. The van der Waals surface area contributed by atoms with E-state index in [9.17, 15) is 0 Å². The maximum atomic E-state index is 5.05. The number of terminal acetylenes is 1. The van der Waals surface area contributed by atoms with Crippen LogP contribution in [0.5, 0.6) is 0 Å². The van der Waals surface area contributed by atoms with Crippen molar-refractivity contribution in [2.24, 2.45) is 16.3 Å². The summed E-state index contributed by atoms with van der Waals surface area (Å²) >= 11 is 0. The van der Waals surface area contributed by atoms with E-state index in [0.717, 1.165) is 78.4 Å². The molecule has 1 aromatic heterocycles. The summed E-state index contributed by atoms with van der Waals surface area (Å²) in [6.45, 7) is 40.3. The van der Waals surface area contributed by atoms with E-state index in [4.69, 9.17) is 4.98 Å². The molecular formula is C51H82N6. The lowest BCUT2D eigenvalue weighted by molar-refractivity contribution is 0.359. The summed E-state index contributed by atoms with van der Waals surface area (Å²) in [6.07, 6.45) is 27.3. The van der Waals surface area contributed by atoms with Gasteiger partial charge in [-0.15, -0.1) is 31.7 Å². The Hall–Kier alpha value is -4.72. The monoisotopic (exact) mass is 779 g/mol. The predicted octanol–water partition coefficient (Wildman–Crippen LogP) is 12.2. The van der Waals surface area contributed by atoms with Gasteiger partial charge in [0.05, 0.1) is 28.8 Å². The fourth-order valence-corrected chi connectivity index (χ4v) is 5.02. The van der Waals surface area contributed by atoms with Gasteiger partial charge in [-0.25, -0.2) is 4.98 Å². The summed E-state index contributed by atoms with van der Waals surface area (Å²) in [7, 11) is 5.74. The Labute approximate surface area is 351 Å². The second-order valence-corrected chi connectivity index (χ2v) is 15.6. The number of benzene rings is 1. The lowest BCUT2D eigenvalue weighted by atomic mass is 9.96. The molecule has 0 saturated heterocycles. The van der Waals surface area contributed by atoms with Crippen molar-refractivity contribution in [1.29, 1.82) is 0 Å². The van der Waals surface area contributed by atoms with E-state index in [-0.39, 0.29) is 6.04 Å². The molecule has 2 saturated carbocycles. The standard InChI is InChI=1S/C34H47N5.C5H10.C5H12.C3H7N.C2H4.C2H2/c1-9-11-12-13-22-39(8)27(6)37-31(26(5)36-29-19-20-29)17-14-16-28-23-33(32(35-7)15-10-2)38-34-25(4)24(3)18-21-30(28)34;1-5(2)3-4-5;1-4-5(2)3;1-3-4-2;2*1-2/h10-11,15,18,21,23,29,31,36-37H,1,5-6,12-14,16-17,19-20,22H2,2-4,7-8H3;3-4H2,1-2H3;5H,4H2,1-3H3;3-4H,1H2,2H3;1-2H2;1-2H/b15-10-,35-32?;;;;;. The molecule has 2 fully saturated rings. The zero-order valence-corrected chi connectivity index (χ0v) is 38.3. The van der Waals surface area contributed by atoms with Crippen LogP contribution in [0.1, 0.15) is 122 Å². The number of rotatable bonds is 18. The van der Waals surface area contributed by atoms with Gasteiger partial charge in [-0.1, -0.05) is 85.6 Å². The smallest absolute Gasteiger partial charge is 0.0941 e. The van der Waals surface area contributed by atoms with E-state index in [1.165, 1.54) is 54.2 Å². The van der Waals surface area contributed by atoms with Crippen LogP contribution in [-0.4, -0.2) is 55.4 Å². The number of aryl methyl sites for hydroxylation is 3. The number of aromatic nitrogens is 1. The third-order valence-corrected chi connectivity index (χ3v) is 9.80. The van der Waals surface area contributed by atoms with Gasteiger partial charge >= 0.3 is 0 Å². The number of hydrogen-bond acceptors (Lipinski definition) is 6. The largest absolute Gasteiger partial charge is 0.394 e. The van der Waals surface area contributed by atoms with Crippen LogP contribution in [0, 0.1) is 38.0 Å². The Kier molecular flexibility index (Phi) is 29.9. The molecule has 316 valence electrons. The molecule has 0 spiro atoms. The van der Waals surface area contributed by atoms with Gasteiger partial charge in [0.15, 0.2) is 0 Å². The Morgan fingerprint density at radius 3 is 2.16 bits per heavy atom. The van der Waals surface area contributed by atoms with Gasteiger partial charge in [0.2, 0.25) is 0 Å². The predicted molar refractivity (Wildman–Crippen MR) is 257 cm³/mol. The second-order valence-electron chi connectivity index (χ2n) is 15.6. The number of nitrogens with one attached hydrogen (secondary N) is 3. The molecule has 1 heterocycles. The third-order valence-electron chi connectivity index (χ3n) is 9.80. The van der Waals surface area contributed by atoms with E-state index >= 15 is 0 Å². The van der Waals surface area contributed by atoms with Crippen molar-refractivity contribution in [3.05, 3.63) is 122 Å². The van der Waals surface area contributed by atoms with Gasteiger partial charge in [-0.2, -0.15) is 0 Å². The zero-order valence-electron chi connectivity index (χ0n) is 38.3. The van der Waals surface area contributed by atoms with Crippen molar-refractivity contribution < 1.29 is 0 Å². The number of fused-ring (bicyclic) bond motifs is 1. The molecule has 4 rings (SSSR count). The van der Waals surface area contributed by atoms with Gasteiger partial charge < -0.3 is 20.9 Å². The normalized spacial score (nSPS) is 13.7. The third kappa shape index (κ3) is 23.8. The lowest BCUT2D eigenvalue weighted by Gasteiger charge is -2.29. The SMILES string of the molecule is C#C.C=C.C=C=CCCCN(C)C(=C)NC(CCCc1cc(C(/C=C\C)=NC)nc2c(C)c(C)ccc12)C(=C)NC1CC1.C=CNC.CC1(C)CC1.CCC(C)C. The summed E-state index contributed by atoms with van der Waals surface area (Å²) in [6, 6.07) is 7.34. The first-order chi connectivity index (χ1) is 27.2. The van der Waals surface area contributed by atoms with Crippen LogP contribution < -0.4 is 16.0 Å². The van der Waals surface area contributed by atoms with E-state index in [1.807, 2.05) is 39.2 Å². The maximum Gasteiger partial charge on any atom is 0.0941 e. The van der Waals surface area contributed by atoms with Crippen LogP contribution in [0.4, 0.5) is 0 Å². The first-order valence-corrected chi connectivity index (χ1v) is 20.8. The number of allylic oxidation sites excluding steroid dienone is 3. The molecule has 57 heavy (non-hydrogen) atoms. The summed E-state index contributed by atoms with van der Waals surface area (Å²) < 4.78 is 0. The highest BCUT2D eigenvalue weighted by Crippen LogP contribution is 2.43. The lowest BCUT2D eigenvalue weighted by Crippen LogP contribution is -2.40. The molecule has 6 heteroatoms. The zero-order chi connectivity index (χ0) is 44.0. The quantitative estimate of drug-likeness (QED) is 0.0462. The molecule has 3 N–H and O–H groups in total. The average molecular weight is 779 g/mol. The minimum Gasteiger partial charge on any atom is -0.394 e.